The van der Waals surface area contributed by atoms with Crippen LogP contribution in [0.5, 0.6) is 0 Å². The lowest BCUT2D eigenvalue weighted by Crippen LogP contribution is -2.59. The van der Waals surface area contributed by atoms with Crippen molar-refractivity contribution in [1.82, 2.24) is 0 Å². The average Bonchev–Trinajstić information content (AvgIpc) is 2.50. The van der Waals surface area contributed by atoms with E-state index in [9.17, 15) is 0 Å². The zero-order valence-corrected chi connectivity index (χ0v) is 14.2. The van der Waals surface area contributed by atoms with Crippen molar-refractivity contribution in [3.63, 3.8) is 0 Å². The summed E-state index contributed by atoms with van der Waals surface area (Å²) in [5.74, 6) is 0. The molecule has 3 aliphatic heterocycles. The van der Waals surface area contributed by atoms with Crippen molar-refractivity contribution in [2.24, 2.45) is 0 Å². The number of likely N-dealkylation sites (N-methyl/N-ethyl adjacent to an activating group) is 2. The molecule has 0 saturated carbocycles. The van der Waals surface area contributed by atoms with E-state index >= 15 is 0 Å². The fraction of sp³-hybridized carbons (Fsp3) is 1.00. The number of ether oxygens (including phenoxy) is 4. The van der Waals surface area contributed by atoms with Gasteiger partial charge in [-0.1, -0.05) is 0 Å². The molecule has 0 amide bonds. The van der Waals surface area contributed by atoms with Crippen molar-refractivity contribution < 1.29 is 27.9 Å². The summed E-state index contributed by atoms with van der Waals surface area (Å²) in [4.78, 5) is 0. The van der Waals surface area contributed by atoms with E-state index in [1.54, 1.807) is 0 Å². The Morgan fingerprint density at radius 3 is 1.36 bits per heavy atom. The number of hydrogen-bond acceptors (Lipinski definition) is 4. The van der Waals surface area contributed by atoms with Gasteiger partial charge < -0.3 is 27.9 Å². The molecule has 0 aliphatic carbocycles. The van der Waals surface area contributed by atoms with Crippen LogP contribution < -0.4 is 0 Å². The predicted molar refractivity (Wildman–Crippen MR) is 82.7 cm³/mol. The highest BCUT2D eigenvalue weighted by atomic mass is 16.6. The number of morpholine rings is 2. The van der Waals surface area contributed by atoms with Gasteiger partial charge in [0.1, 0.15) is 51.5 Å². The van der Waals surface area contributed by atoms with Crippen LogP contribution in [0.25, 0.3) is 0 Å². The van der Waals surface area contributed by atoms with Gasteiger partial charge in [0, 0.05) is 0 Å². The molecule has 0 N–H and O–H groups in total. The van der Waals surface area contributed by atoms with Crippen molar-refractivity contribution in [3.05, 3.63) is 0 Å². The van der Waals surface area contributed by atoms with Gasteiger partial charge in [-0.25, -0.2) is 0 Å². The van der Waals surface area contributed by atoms with E-state index in [0.717, 1.165) is 87.9 Å². The highest BCUT2D eigenvalue weighted by Gasteiger charge is 2.36. The molecule has 0 spiro atoms. The second kappa shape index (κ2) is 7.11. The molecule has 3 aliphatic rings. The van der Waals surface area contributed by atoms with Crippen LogP contribution in [0.3, 0.4) is 0 Å². The Hall–Kier alpha value is -0.240. The smallest absolute Gasteiger partial charge is 0.130 e. The largest absolute Gasteiger partial charge is 0.370 e. The summed E-state index contributed by atoms with van der Waals surface area (Å²) in [6.45, 7) is 11.3. The summed E-state index contributed by atoms with van der Waals surface area (Å²) >= 11 is 0. The molecule has 0 bridgehead atoms. The first-order valence-electron chi connectivity index (χ1n) is 8.63. The molecule has 2 atom stereocenters. The minimum Gasteiger partial charge on any atom is -0.370 e. The van der Waals surface area contributed by atoms with Gasteiger partial charge in [-0.2, -0.15) is 0 Å². The molecule has 6 nitrogen and oxygen atoms in total. The predicted octanol–water partition coefficient (Wildman–Crippen LogP) is -0.276. The van der Waals surface area contributed by atoms with Gasteiger partial charge in [-0.05, 0) is 0 Å². The van der Waals surface area contributed by atoms with Crippen molar-refractivity contribution >= 4 is 0 Å². The standard InChI is InChI=1S/C16H32N2O4/c1-17(3-7-19-8-4-17)11-15-13-22-16(14-21-15)12-18(2)5-9-20-10-6-18/h15-16H,3-14H2,1-2H3/q+2/t15-,16-/m0/s1. The third kappa shape index (κ3) is 4.40. The zero-order chi connectivity index (χ0) is 15.5. The summed E-state index contributed by atoms with van der Waals surface area (Å²) in [5, 5.41) is 0. The van der Waals surface area contributed by atoms with Crippen LogP contribution in [0.1, 0.15) is 0 Å². The maximum Gasteiger partial charge on any atom is 0.130 e. The SMILES string of the molecule is C[N+]1(C[C@H]2CO[C@@H](C[N+]3(C)CCOCC3)CO2)CCOCC1. The maximum atomic E-state index is 6.12. The second-order valence-electron chi connectivity index (χ2n) is 7.63. The summed E-state index contributed by atoms with van der Waals surface area (Å²) < 4.78 is 25.3. The van der Waals surface area contributed by atoms with Crippen LogP contribution in [-0.4, -0.2) is 114 Å². The molecule has 3 saturated heterocycles. The molecular formula is C16H32N2O4+2. The lowest BCUT2D eigenvalue weighted by atomic mass is 10.2. The fourth-order valence-corrected chi connectivity index (χ4v) is 3.71. The number of nitrogens with zero attached hydrogens (tertiary/aromatic N) is 2. The molecular weight excluding hydrogens is 284 g/mol. The Bertz CT molecular complexity index is 312. The molecule has 22 heavy (non-hydrogen) atoms. The molecule has 3 heterocycles. The third-order valence-electron chi connectivity index (χ3n) is 5.43. The van der Waals surface area contributed by atoms with Crippen LogP contribution in [0, 0.1) is 0 Å². The molecule has 0 radical (unpaired) electrons. The molecule has 0 unspecified atom stereocenters. The zero-order valence-electron chi connectivity index (χ0n) is 14.2. The van der Waals surface area contributed by atoms with Gasteiger partial charge in [0.2, 0.25) is 0 Å². The Labute approximate surface area is 134 Å². The Kier molecular flexibility index (Phi) is 5.37. The van der Waals surface area contributed by atoms with E-state index in [1.807, 2.05) is 0 Å². The van der Waals surface area contributed by atoms with E-state index in [4.69, 9.17) is 18.9 Å². The van der Waals surface area contributed by atoms with E-state index in [1.165, 1.54) is 0 Å². The van der Waals surface area contributed by atoms with E-state index in [2.05, 4.69) is 14.1 Å². The average molecular weight is 316 g/mol. The fourth-order valence-electron chi connectivity index (χ4n) is 3.71. The summed E-state index contributed by atoms with van der Waals surface area (Å²) in [5.41, 5.74) is 0. The van der Waals surface area contributed by atoms with E-state index in [0.29, 0.717) is 0 Å². The van der Waals surface area contributed by atoms with Crippen molar-refractivity contribution in [2.45, 2.75) is 12.2 Å². The highest BCUT2D eigenvalue weighted by Crippen LogP contribution is 2.17. The molecule has 6 heteroatoms. The number of rotatable bonds is 4. The minimum atomic E-state index is 0.231. The number of hydrogen-bond donors (Lipinski definition) is 0. The Morgan fingerprint density at radius 2 is 1.05 bits per heavy atom. The summed E-state index contributed by atoms with van der Waals surface area (Å²) in [6, 6.07) is 0. The second-order valence-corrected chi connectivity index (χ2v) is 7.63. The highest BCUT2D eigenvalue weighted by molar-refractivity contribution is 4.69. The first-order chi connectivity index (χ1) is 10.6. The first kappa shape index (κ1) is 16.6. The third-order valence-corrected chi connectivity index (χ3v) is 5.43. The van der Waals surface area contributed by atoms with Gasteiger partial charge >= 0.3 is 0 Å². The normalized spacial score (nSPS) is 35.2. The van der Waals surface area contributed by atoms with Gasteiger partial charge in [-0.3, -0.25) is 0 Å². The van der Waals surface area contributed by atoms with E-state index < -0.39 is 0 Å². The summed E-state index contributed by atoms with van der Waals surface area (Å²) in [7, 11) is 4.61. The van der Waals surface area contributed by atoms with Gasteiger partial charge in [0.25, 0.3) is 0 Å². The van der Waals surface area contributed by atoms with Crippen molar-refractivity contribution in [2.75, 3.05) is 93.0 Å². The Balaban J connectivity index is 1.42. The van der Waals surface area contributed by atoms with Gasteiger partial charge in [0.15, 0.2) is 0 Å². The van der Waals surface area contributed by atoms with Crippen molar-refractivity contribution in [1.29, 1.82) is 0 Å². The lowest BCUT2D eigenvalue weighted by Gasteiger charge is -2.43. The molecule has 3 fully saturated rings. The quantitative estimate of drug-likeness (QED) is 0.669. The molecule has 0 aromatic rings. The summed E-state index contributed by atoms with van der Waals surface area (Å²) in [6.07, 6.45) is 0.462. The molecule has 0 aromatic heterocycles. The van der Waals surface area contributed by atoms with Crippen LogP contribution in [0.4, 0.5) is 0 Å². The van der Waals surface area contributed by atoms with Crippen molar-refractivity contribution in [3.8, 4) is 0 Å². The first-order valence-corrected chi connectivity index (χ1v) is 8.63. The molecule has 0 aromatic carbocycles. The maximum absolute atomic E-state index is 6.12. The minimum absolute atomic E-state index is 0.231. The van der Waals surface area contributed by atoms with Crippen LogP contribution >= 0.6 is 0 Å². The Morgan fingerprint density at radius 1 is 0.682 bits per heavy atom. The van der Waals surface area contributed by atoms with Crippen LogP contribution in [-0.2, 0) is 18.9 Å². The topological polar surface area (TPSA) is 36.9 Å². The van der Waals surface area contributed by atoms with E-state index in [-0.39, 0.29) is 12.2 Å². The monoisotopic (exact) mass is 316 g/mol. The molecule has 128 valence electrons. The van der Waals surface area contributed by atoms with Crippen LogP contribution in [0.2, 0.25) is 0 Å². The molecule has 3 rings (SSSR count). The number of quaternary nitrogens is 2. The van der Waals surface area contributed by atoms with Gasteiger partial charge in [-0.15, -0.1) is 0 Å². The lowest BCUT2D eigenvalue weighted by molar-refractivity contribution is -0.922. The van der Waals surface area contributed by atoms with Crippen LogP contribution in [0.15, 0.2) is 0 Å². The van der Waals surface area contributed by atoms with Gasteiger partial charge in [0.05, 0.1) is 53.7 Å².